The first kappa shape index (κ1) is 19.6. The summed E-state index contributed by atoms with van der Waals surface area (Å²) in [4.78, 5) is 28.6. The number of hydrogen-bond acceptors (Lipinski definition) is 4. The van der Waals surface area contributed by atoms with E-state index in [1.54, 1.807) is 48.0 Å². The van der Waals surface area contributed by atoms with E-state index in [1.165, 1.54) is 30.1 Å². The van der Waals surface area contributed by atoms with Gasteiger partial charge in [-0.3, -0.25) is 14.2 Å². The highest BCUT2D eigenvalue weighted by molar-refractivity contribution is 7.98. The number of hydrogen-bond donors (Lipinski definition) is 2. The summed E-state index contributed by atoms with van der Waals surface area (Å²) in [5.41, 5.74) is 2.43. The number of amides is 2. The lowest BCUT2D eigenvalue weighted by molar-refractivity contribution is 0.0940. The summed E-state index contributed by atoms with van der Waals surface area (Å²) in [6, 6.07) is 12.9. The Balaban J connectivity index is 1.77. The molecule has 0 unspecified atom stereocenters. The van der Waals surface area contributed by atoms with Gasteiger partial charge in [0.2, 0.25) is 0 Å². The molecule has 8 heteroatoms. The third-order valence-corrected chi connectivity index (χ3v) is 4.78. The Morgan fingerprint density at radius 2 is 1.75 bits per heavy atom. The van der Waals surface area contributed by atoms with E-state index < -0.39 is 0 Å². The largest absolute Gasteiger partial charge is 0.355 e. The van der Waals surface area contributed by atoms with Crippen LogP contribution in [0.3, 0.4) is 0 Å². The Hall–Kier alpha value is -3.13. The number of aromatic nitrogens is 2. The van der Waals surface area contributed by atoms with E-state index in [9.17, 15) is 14.0 Å². The highest BCUT2D eigenvalue weighted by Gasteiger charge is 2.17. The van der Waals surface area contributed by atoms with Gasteiger partial charge in [0.15, 0.2) is 5.16 Å². The molecular weight excluding hydrogens is 379 g/mol. The molecule has 2 amide bonds. The lowest BCUT2D eigenvalue weighted by Gasteiger charge is -2.11. The zero-order chi connectivity index (χ0) is 20.1. The van der Waals surface area contributed by atoms with Crippen molar-refractivity contribution in [3.63, 3.8) is 0 Å². The molecule has 1 aromatic heterocycles. The maximum Gasteiger partial charge on any atom is 0.270 e. The molecule has 144 valence electrons. The van der Waals surface area contributed by atoms with E-state index in [0.717, 1.165) is 5.56 Å². The molecule has 0 saturated heterocycles. The van der Waals surface area contributed by atoms with Crippen molar-refractivity contribution in [2.75, 3.05) is 13.3 Å². The van der Waals surface area contributed by atoms with Crippen molar-refractivity contribution in [3.05, 3.63) is 77.4 Å². The number of benzene rings is 2. The van der Waals surface area contributed by atoms with Gasteiger partial charge in [-0.05, 0) is 48.2 Å². The fraction of sp³-hybridized carbons (Fsp3) is 0.150. The van der Waals surface area contributed by atoms with Crippen molar-refractivity contribution < 1.29 is 14.0 Å². The molecule has 0 aliphatic rings. The Bertz CT molecular complexity index is 984. The zero-order valence-electron chi connectivity index (χ0n) is 15.4. The van der Waals surface area contributed by atoms with Crippen LogP contribution < -0.4 is 10.6 Å². The first-order valence-corrected chi connectivity index (χ1v) is 9.73. The fourth-order valence-electron chi connectivity index (χ4n) is 2.67. The van der Waals surface area contributed by atoms with Gasteiger partial charge in [0.1, 0.15) is 11.5 Å². The van der Waals surface area contributed by atoms with Crippen LogP contribution in [0.25, 0.3) is 5.69 Å². The van der Waals surface area contributed by atoms with Crippen LogP contribution in [-0.4, -0.2) is 34.7 Å². The Kier molecular flexibility index (Phi) is 6.10. The summed E-state index contributed by atoms with van der Waals surface area (Å²) < 4.78 is 14.9. The van der Waals surface area contributed by atoms with E-state index in [2.05, 4.69) is 15.6 Å². The lowest BCUT2D eigenvalue weighted by atomic mass is 10.1. The van der Waals surface area contributed by atoms with E-state index in [-0.39, 0.29) is 17.6 Å². The predicted molar refractivity (Wildman–Crippen MR) is 106 cm³/mol. The van der Waals surface area contributed by atoms with Crippen molar-refractivity contribution in [3.8, 4) is 5.69 Å². The third-order valence-electron chi connectivity index (χ3n) is 4.13. The van der Waals surface area contributed by atoms with Crippen molar-refractivity contribution >= 4 is 23.6 Å². The quantitative estimate of drug-likeness (QED) is 0.626. The molecule has 0 aliphatic carbocycles. The molecule has 0 fully saturated rings. The number of nitrogens with zero attached hydrogens (tertiary/aromatic N) is 2. The Morgan fingerprint density at radius 1 is 1.07 bits per heavy atom. The summed E-state index contributed by atoms with van der Waals surface area (Å²) in [7, 11) is 1.57. The van der Waals surface area contributed by atoms with Gasteiger partial charge in [-0.1, -0.05) is 23.9 Å². The van der Waals surface area contributed by atoms with Gasteiger partial charge in [-0.2, -0.15) is 0 Å². The molecule has 2 N–H and O–H groups in total. The number of thioether (sulfide) groups is 1. The van der Waals surface area contributed by atoms with Gasteiger partial charge < -0.3 is 10.6 Å². The van der Waals surface area contributed by atoms with Gasteiger partial charge in [0, 0.05) is 24.8 Å². The molecule has 0 spiro atoms. The number of halogens is 1. The first-order valence-electron chi connectivity index (χ1n) is 8.50. The van der Waals surface area contributed by atoms with Crippen molar-refractivity contribution in [1.29, 1.82) is 0 Å². The monoisotopic (exact) mass is 398 g/mol. The van der Waals surface area contributed by atoms with E-state index in [0.29, 0.717) is 28.6 Å². The smallest absolute Gasteiger partial charge is 0.270 e. The second kappa shape index (κ2) is 8.71. The van der Waals surface area contributed by atoms with E-state index >= 15 is 0 Å². The van der Waals surface area contributed by atoms with Crippen LogP contribution >= 0.6 is 11.8 Å². The minimum absolute atomic E-state index is 0.164. The Labute approximate surface area is 166 Å². The predicted octanol–water partition coefficient (Wildman–Crippen LogP) is 3.02. The summed E-state index contributed by atoms with van der Waals surface area (Å²) in [6.45, 7) is 0.302. The molecule has 2 aromatic carbocycles. The Morgan fingerprint density at radius 3 is 2.36 bits per heavy atom. The van der Waals surface area contributed by atoms with Gasteiger partial charge in [-0.15, -0.1) is 0 Å². The average Bonchev–Trinajstić information content (AvgIpc) is 3.16. The number of rotatable bonds is 6. The van der Waals surface area contributed by atoms with E-state index in [4.69, 9.17) is 0 Å². The van der Waals surface area contributed by atoms with Gasteiger partial charge in [0.25, 0.3) is 11.8 Å². The highest BCUT2D eigenvalue weighted by atomic mass is 32.2. The zero-order valence-corrected chi connectivity index (χ0v) is 16.2. The summed E-state index contributed by atoms with van der Waals surface area (Å²) >= 11 is 1.39. The van der Waals surface area contributed by atoms with Gasteiger partial charge in [0.05, 0.1) is 6.20 Å². The summed E-state index contributed by atoms with van der Waals surface area (Å²) in [6.07, 6.45) is 3.36. The van der Waals surface area contributed by atoms with Crippen molar-refractivity contribution in [2.45, 2.75) is 11.7 Å². The normalized spacial score (nSPS) is 10.5. The molecular formula is C20H19FN4O2S. The van der Waals surface area contributed by atoms with Crippen LogP contribution in [-0.2, 0) is 6.54 Å². The molecule has 0 radical (unpaired) electrons. The molecule has 28 heavy (non-hydrogen) atoms. The number of carbonyl (C=O) groups excluding carboxylic acids is 2. The van der Waals surface area contributed by atoms with Crippen LogP contribution in [0, 0.1) is 5.82 Å². The average molecular weight is 398 g/mol. The van der Waals surface area contributed by atoms with Crippen LogP contribution in [0.15, 0.2) is 59.9 Å². The molecule has 3 aromatic rings. The first-order chi connectivity index (χ1) is 13.5. The number of carbonyl (C=O) groups is 2. The minimum atomic E-state index is -0.347. The topological polar surface area (TPSA) is 76.0 Å². The summed E-state index contributed by atoms with van der Waals surface area (Å²) in [5.74, 6) is -0.809. The standard InChI is InChI=1S/C20H19FN4O2S/c1-22-18(26)14-5-3-13(4-6-14)11-23-19(27)17-12-24-20(28-2)25(17)16-9-7-15(21)8-10-16/h3-10,12H,11H2,1-2H3,(H,22,26)(H,23,27). The van der Waals surface area contributed by atoms with Gasteiger partial charge >= 0.3 is 0 Å². The van der Waals surface area contributed by atoms with Crippen molar-refractivity contribution in [1.82, 2.24) is 20.2 Å². The molecule has 6 nitrogen and oxygen atoms in total. The maximum atomic E-state index is 13.2. The van der Waals surface area contributed by atoms with Crippen LogP contribution in [0.5, 0.6) is 0 Å². The molecule has 1 heterocycles. The van der Waals surface area contributed by atoms with Crippen LogP contribution in [0.4, 0.5) is 4.39 Å². The fourth-order valence-corrected chi connectivity index (χ4v) is 3.21. The molecule has 0 atom stereocenters. The van der Waals surface area contributed by atoms with Crippen molar-refractivity contribution in [2.24, 2.45) is 0 Å². The maximum absolute atomic E-state index is 13.2. The van der Waals surface area contributed by atoms with E-state index in [1.807, 2.05) is 6.26 Å². The van der Waals surface area contributed by atoms with Gasteiger partial charge in [-0.25, -0.2) is 9.37 Å². The number of imidazole rings is 1. The van der Waals surface area contributed by atoms with Crippen LogP contribution in [0.1, 0.15) is 26.4 Å². The van der Waals surface area contributed by atoms with Crippen LogP contribution in [0.2, 0.25) is 0 Å². The second-order valence-corrected chi connectivity index (χ2v) is 6.67. The minimum Gasteiger partial charge on any atom is -0.355 e. The SMILES string of the molecule is CNC(=O)c1ccc(CNC(=O)c2cnc(SC)n2-c2ccc(F)cc2)cc1. The third kappa shape index (κ3) is 4.23. The summed E-state index contributed by atoms with van der Waals surface area (Å²) in [5, 5.41) is 6.05. The molecule has 3 rings (SSSR count). The molecule has 0 aliphatic heterocycles. The second-order valence-electron chi connectivity index (χ2n) is 5.90. The molecule has 0 saturated carbocycles. The highest BCUT2D eigenvalue weighted by Crippen LogP contribution is 2.22. The molecule has 0 bridgehead atoms. The number of nitrogens with one attached hydrogen (secondary N) is 2. The lowest BCUT2D eigenvalue weighted by Crippen LogP contribution is -2.25.